The van der Waals surface area contributed by atoms with Crippen molar-refractivity contribution in [2.24, 2.45) is 0 Å². The van der Waals surface area contributed by atoms with E-state index < -0.39 is 0 Å². The van der Waals surface area contributed by atoms with Gasteiger partial charge >= 0.3 is 0 Å². The first-order valence-electron chi connectivity index (χ1n) is 5.70. The van der Waals surface area contributed by atoms with Crippen LogP contribution >= 0.6 is 0 Å². The highest BCUT2D eigenvalue weighted by molar-refractivity contribution is 5.01. The molecule has 4 nitrogen and oxygen atoms in total. The molecule has 0 fully saturated rings. The Morgan fingerprint density at radius 1 is 1.25 bits per heavy atom. The third-order valence-corrected chi connectivity index (χ3v) is 2.21. The van der Waals surface area contributed by atoms with Gasteiger partial charge in [0.05, 0.1) is 0 Å². The second kappa shape index (κ2) is 5.92. The van der Waals surface area contributed by atoms with Crippen LogP contribution < -0.4 is 10.6 Å². The fourth-order valence-corrected chi connectivity index (χ4v) is 1.24. The normalized spacial score (nSPS) is 13.8. The van der Waals surface area contributed by atoms with Gasteiger partial charge in [-0.25, -0.2) is 9.97 Å². The van der Waals surface area contributed by atoms with E-state index in [2.05, 4.69) is 48.3 Å². The average molecular weight is 222 g/mol. The van der Waals surface area contributed by atoms with Crippen molar-refractivity contribution in [3.63, 3.8) is 0 Å². The fraction of sp³-hybridized carbons (Fsp3) is 0.667. The molecule has 16 heavy (non-hydrogen) atoms. The molecule has 0 saturated carbocycles. The van der Waals surface area contributed by atoms with Gasteiger partial charge in [-0.05, 0) is 27.7 Å². The van der Waals surface area contributed by atoms with E-state index in [1.165, 1.54) is 0 Å². The summed E-state index contributed by atoms with van der Waals surface area (Å²) >= 11 is 0. The van der Waals surface area contributed by atoms with E-state index in [0.29, 0.717) is 6.04 Å². The highest BCUT2D eigenvalue weighted by Gasteiger charge is 2.10. The highest BCUT2D eigenvalue weighted by atomic mass is 15.0. The quantitative estimate of drug-likeness (QED) is 0.789. The topological polar surface area (TPSA) is 49.8 Å². The van der Waals surface area contributed by atoms with E-state index in [9.17, 15) is 0 Å². The standard InChI is InChI=1S/C12H22N4/c1-10(5-16-12(2,3)4)15-8-11-6-13-9-14-7-11/h6-7,9-10,15-16H,5,8H2,1-4H3. The zero-order valence-corrected chi connectivity index (χ0v) is 10.6. The second-order valence-electron chi connectivity index (χ2n) is 5.16. The second-order valence-corrected chi connectivity index (χ2v) is 5.16. The van der Waals surface area contributed by atoms with Crippen LogP contribution in [0.4, 0.5) is 0 Å². The lowest BCUT2D eigenvalue weighted by atomic mass is 10.1. The Hall–Kier alpha value is -1.00. The van der Waals surface area contributed by atoms with Crippen molar-refractivity contribution in [1.82, 2.24) is 20.6 Å². The Morgan fingerprint density at radius 2 is 1.88 bits per heavy atom. The lowest BCUT2D eigenvalue weighted by Crippen LogP contribution is -2.44. The molecule has 4 heteroatoms. The zero-order valence-electron chi connectivity index (χ0n) is 10.6. The van der Waals surface area contributed by atoms with Crippen LogP contribution in [0.1, 0.15) is 33.3 Å². The molecule has 0 amide bonds. The molecule has 0 radical (unpaired) electrons. The van der Waals surface area contributed by atoms with Crippen LogP contribution in [-0.2, 0) is 6.54 Å². The van der Waals surface area contributed by atoms with E-state index in [-0.39, 0.29) is 5.54 Å². The number of hydrogen-bond acceptors (Lipinski definition) is 4. The van der Waals surface area contributed by atoms with Crippen molar-refractivity contribution < 1.29 is 0 Å². The Labute approximate surface area is 97.9 Å². The van der Waals surface area contributed by atoms with E-state index in [1.54, 1.807) is 6.33 Å². The van der Waals surface area contributed by atoms with Crippen molar-refractivity contribution in [1.29, 1.82) is 0 Å². The van der Waals surface area contributed by atoms with E-state index in [4.69, 9.17) is 0 Å². The van der Waals surface area contributed by atoms with Crippen molar-refractivity contribution in [2.45, 2.75) is 45.8 Å². The maximum Gasteiger partial charge on any atom is 0.115 e. The van der Waals surface area contributed by atoms with E-state index >= 15 is 0 Å². The molecule has 1 atom stereocenters. The summed E-state index contributed by atoms with van der Waals surface area (Å²) in [7, 11) is 0. The van der Waals surface area contributed by atoms with Gasteiger partial charge in [-0.3, -0.25) is 0 Å². The number of nitrogens with zero attached hydrogens (tertiary/aromatic N) is 2. The summed E-state index contributed by atoms with van der Waals surface area (Å²) < 4.78 is 0. The van der Waals surface area contributed by atoms with Gasteiger partial charge in [0, 0.05) is 42.6 Å². The van der Waals surface area contributed by atoms with Crippen LogP contribution in [-0.4, -0.2) is 28.1 Å². The van der Waals surface area contributed by atoms with Gasteiger partial charge < -0.3 is 10.6 Å². The lowest BCUT2D eigenvalue weighted by molar-refractivity contribution is 0.387. The molecule has 0 bridgehead atoms. The summed E-state index contributed by atoms with van der Waals surface area (Å²) in [6.07, 6.45) is 5.22. The van der Waals surface area contributed by atoms with Crippen molar-refractivity contribution in [3.05, 3.63) is 24.3 Å². The molecule has 0 aliphatic carbocycles. The van der Waals surface area contributed by atoms with Gasteiger partial charge in [0.1, 0.15) is 6.33 Å². The fourth-order valence-electron chi connectivity index (χ4n) is 1.24. The van der Waals surface area contributed by atoms with Gasteiger partial charge in [-0.1, -0.05) is 0 Å². The van der Waals surface area contributed by atoms with Crippen LogP contribution in [0.15, 0.2) is 18.7 Å². The van der Waals surface area contributed by atoms with E-state index in [0.717, 1.165) is 18.7 Å². The van der Waals surface area contributed by atoms with Gasteiger partial charge in [-0.2, -0.15) is 0 Å². The summed E-state index contributed by atoms with van der Waals surface area (Å²) in [6, 6.07) is 0.430. The molecule has 90 valence electrons. The van der Waals surface area contributed by atoms with Crippen LogP contribution in [0.3, 0.4) is 0 Å². The minimum absolute atomic E-state index is 0.172. The van der Waals surface area contributed by atoms with Crippen LogP contribution in [0.25, 0.3) is 0 Å². The van der Waals surface area contributed by atoms with Crippen LogP contribution in [0.5, 0.6) is 0 Å². The smallest absolute Gasteiger partial charge is 0.115 e. The summed E-state index contributed by atoms with van der Waals surface area (Å²) in [4.78, 5) is 7.96. The lowest BCUT2D eigenvalue weighted by Gasteiger charge is -2.24. The maximum absolute atomic E-state index is 3.98. The summed E-state index contributed by atoms with van der Waals surface area (Å²) in [5, 5.41) is 6.89. The molecule has 0 aliphatic rings. The monoisotopic (exact) mass is 222 g/mol. The Kier molecular flexibility index (Phi) is 4.83. The first-order chi connectivity index (χ1) is 7.47. The Balaban J connectivity index is 2.23. The molecule has 0 aromatic carbocycles. The SMILES string of the molecule is CC(CNC(C)(C)C)NCc1cncnc1. The third kappa shape index (κ3) is 5.78. The first kappa shape index (κ1) is 13.1. The number of rotatable bonds is 5. The highest BCUT2D eigenvalue weighted by Crippen LogP contribution is 1.99. The first-order valence-corrected chi connectivity index (χ1v) is 5.70. The predicted molar refractivity (Wildman–Crippen MR) is 66.1 cm³/mol. The predicted octanol–water partition coefficient (Wildman–Crippen LogP) is 1.34. The minimum atomic E-state index is 0.172. The number of hydrogen-bond donors (Lipinski definition) is 2. The largest absolute Gasteiger partial charge is 0.311 e. The molecular weight excluding hydrogens is 200 g/mol. The molecular formula is C12H22N4. The Morgan fingerprint density at radius 3 is 2.44 bits per heavy atom. The molecule has 0 saturated heterocycles. The molecule has 0 spiro atoms. The van der Waals surface area contributed by atoms with E-state index in [1.807, 2.05) is 12.4 Å². The van der Waals surface area contributed by atoms with Crippen LogP contribution in [0, 0.1) is 0 Å². The minimum Gasteiger partial charge on any atom is -0.311 e. The van der Waals surface area contributed by atoms with Crippen molar-refractivity contribution in [2.75, 3.05) is 6.54 Å². The van der Waals surface area contributed by atoms with Gasteiger partial charge in [0.15, 0.2) is 0 Å². The van der Waals surface area contributed by atoms with Gasteiger partial charge in [0.25, 0.3) is 0 Å². The Bertz CT molecular complexity index is 292. The van der Waals surface area contributed by atoms with Crippen molar-refractivity contribution >= 4 is 0 Å². The molecule has 1 rings (SSSR count). The van der Waals surface area contributed by atoms with Crippen molar-refractivity contribution in [3.8, 4) is 0 Å². The molecule has 2 N–H and O–H groups in total. The molecule has 1 aromatic rings. The third-order valence-electron chi connectivity index (χ3n) is 2.21. The van der Waals surface area contributed by atoms with Gasteiger partial charge in [0.2, 0.25) is 0 Å². The average Bonchev–Trinajstić information content (AvgIpc) is 2.24. The molecule has 1 heterocycles. The molecule has 1 aromatic heterocycles. The van der Waals surface area contributed by atoms with Crippen LogP contribution in [0.2, 0.25) is 0 Å². The zero-order chi connectivity index (χ0) is 12.0. The molecule has 0 aliphatic heterocycles. The summed E-state index contributed by atoms with van der Waals surface area (Å²) in [5.41, 5.74) is 1.29. The molecule has 1 unspecified atom stereocenters. The number of aromatic nitrogens is 2. The van der Waals surface area contributed by atoms with Gasteiger partial charge in [-0.15, -0.1) is 0 Å². The number of nitrogens with one attached hydrogen (secondary N) is 2. The summed E-state index contributed by atoms with van der Waals surface area (Å²) in [5.74, 6) is 0. The maximum atomic E-state index is 3.98. The summed E-state index contributed by atoms with van der Waals surface area (Å²) in [6.45, 7) is 10.5.